The van der Waals surface area contributed by atoms with E-state index in [-0.39, 0.29) is 48.7 Å². The molecule has 1 atom stereocenters. The molecule has 10 rings (SSSR count). The van der Waals surface area contributed by atoms with E-state index in [1.54, 1.807) is 27.7 Å². The number of morpholine rings is 1. The van der Waals surface area contributed by atoms with Crippen LogP contribution in [-0.4, -0.2) is 123 Å². The number of benzene rings is 4. The van der Waals surface area contributed by atoms with Gasteiger partial charge in [0, 0.05) is 123 Å². The number of anilines is 1. The van der Waals surface area contributed by atoms with Crippen molar-refractivity contribution >= 4 is 23.4 Å². The summed E-state index contributed by atoms with van der Waals surface area (Å²) in [5.74, 6) is -2.68. The topological polar surface area (TPSA) is 149 Å². The first-order chi connectivity index (χ1) is 36.3. The Labute approximate surface area is 436 Å². The Morgan fingerprint density at radius 1 is 0.800 bits per heavy atom. The van der Waals surface area contributed by atoms with Crippen LogP contribution in [0.4, 0.5) is 14.5 Å². The lowest BCUT2D eigenvalue weighted by atomic mass is 9.87. The van der Waals surface area contributed by atoms with Crippen molar-refractivity contribution in [2.45, 2.75) is 71.5 Å². The number of rotatable bonds is 13. The lowest BCUT2D eigenvalue weighted by molar-refractivity contribution is -0.131. The second-order valence-electron chi connectivity index (χ2n) is 20.4. The molecule has 0 radical (unpaired) electrons. The van der Waals surface area contributed by atoms with Gasteiger partial charge in [-0.3, -0.25) is 19.3 Å². The van der Waals surface area contributed by atoms with Crippen LogP contribution >= 0.6 is 0 Å². The number of nitriles is 1. The number of hydrogen-bond acceptors (Lipinski definition) is 9. The number of carbonyl (C=O) groups excluding carboxylic acids is 3. The van der Waals surface area contributed by atoms with Crippen LogP contribution in [-0.2, 0) is 56.0 Å². The second-order valence-corrected chi connectivity index (χ2v) is 20.4. The van der Waals surface area contributed by atoms with Gasteiger partial charge in [-0.05, 0) is 117 Å². The fourth-order valence-electron chi connectivity index (χ4n) is 11.4. The van der Waals surface area contributed by atoms with Crippen LogP contribution in [0.3, 0.4) is 0 Å². The summed E-state index contributed by atoms with van der Waals surface area (Å²) in [5, 5.41) is 23.4. The Kier molecular flexibility index (Phi) is 14.9. The molecule has 14 nitrogen and oxygen atoms in total. The molecule has 6 aromatic rings. The largest absolute Gasteiger partial charge is 0.508 e. The third-order valence-corrected chi connectivity index (χ3v) is 15.9. The third kappa shape index (κ3) is 10.5. The quantitative estimate of drug-likeness (QED) is 0.109. The van der Waals surface area contributed by atoms with E-state index in [4.69, 9.17) is 9.47 Å². The molecule has 2 aromatic heterocycles. The van der Waals surface area contributed by atoms with E-state index >= 15 is 13.6 Å². The maximum atomic E-state index is 16.0. The normalized spacial score (nSPS) is 17.1. The molecule has 3 amide bonds. The number of hydrogen-bond donors (Lipinski definition) is 2. The van der Waals surface area contributed by atoms with Crippen molar-refractivity contribution in [2.24, 2.45) is 14.1 Å². The lowest BCUT2D eigenvalue weighted by Crippen LogP contribution is -2.51. The number of fused-ring (bicyclic) bond motifs is 2. The van der Waals surface area contributed by atoms with Gasteiger partial charge in [-0.2, -0.15) is 5.26 Å². The van der Waals surface area contributed by atoms with E-state index in [0.29, 0.717) is 96.3 Å². The molecule has 0 saturated carbocycles. The molecule has 2 fully saturated rings. The summed E-state index contributed by atoms with van der Waals surface area (Å²) in [6.07, 6.45) is 3.93. The van der Waals surface area contributed by atoms with Crippen LogP contribution in [0.5, 0.6) is 11.5 Å². The molecule has 0 bridgehead atoms. The Hall–Kier alpha value is -7.32. The zero-order valence-electron chi connectivity index (χ0n) is 43.2. The molecular weight excluding hydrogens is 955 g/mol. The smallest absolute Gasteiger partial charge is 0.258 e. The van der Waals surface area contributed by atoms with Crippen LogP contribution in [0.2, 0.25) is 0 Å². The summed E-state index contributed by atoms with van der Waals surface area (Å²) < 4.78 is 46.3. The minimum absolute atomic E-state index is 0.0533. The van der Waals surface area contributed by atoms with Gasteiger partial charge >= 0.3 is 0 Å². The molecule has 2 N–H and O–H groups in total. The SMILES string of the molecule is Cc1c(-c2c(C(=O)Nc3ccc(O)cc3)c(C)n(C)c2-c2cc3c(cc2C(=O)N2Cc4ccccc4C[C@H]2CN2CCCCC2)CN(C(=O)Cc2c(F)cc(OCCN4CCOCC4)cc2F)CC3)cc(C#N)n1C. The molecule has 390 valence electrons. The number of halogens is 2. The van der Waals surface area contributed by atoms with E-state index in [9.17, 15) is 20.0 Å². The van der Waals surface area contributed by atoms with Gasteiger partial charge in [0.2, 0.25) is 5.91 Å². The van der Waals surface area contributed by atoms with Crippen molar-refractivity contribution in [3.05, 3.63) is 147 Å². The molecule has 4 aromatic carbocycles. The van der Waals surface area contributed by atoms with E-state index in [2.05, 4.69) is 33.3 Å². The van der Waals surface area contributed by atoms with Crippen LogP contribution in [0.15, 0.2) is 78.9 Å². The molecule has 2 saturated heterocycles. The van der Waals surface area contributed by atoms with Crippen LogP contribution in [0.25, 0.3) is 22.4 Å². The molecule has 16 heteroatoms. The number of likely N-dealkylation sites (tertiary alicyclic amines) is 1. The Bertz CT molecular complexity index is 3180. The fraction of sp³-hybridized carbons (Fsp3) is 0.390. The number of aromatic nitrogens is 2. The van der Waals surface area contributed by atoms with Gasteiger partial charge < -0.3 is 43.7 Å². The van der Waals surface area contributed by atoms with Crippen molar-refractivity contribution < 1.29 is 37.7 Å². The zero-order valence-corrected chi connectivity index (χ0v) is 43.2. The second kappa shape index (κ2) is 21.9. The number of amides is 3. The van der Waals surface area contributed by atoms with Crippen molar-refractivity contribution in [1.29, 1.82) is 5.26 Å². The number of carbonyl (C=O) groups is 3. The lowest BCUT2D eigenvalue weighted by Gasteiger charge is -2.41. The highest BCUT2D eigenvalue weighted by Crippen LogP contribution is 2.44. The van der Waals surface area contributed by atoms with Gasteiger partial charge in [-0.15, -0.1) is 0 Å². The minimum Gasteiger partial charge on any atom is -0.508 e. The average Bonchev–Trinajstić information content (AvgIpc) is 3.90. The number of nitrogens with zero attached hydrogens (tertiary/aromatic N) is 7. The molecule has 0 unspecified atom stereocenters. The van der Waals surface area contributed by atoms with Crippen molar-refractivity contribution in [3.8, 4) is 40.0 Å². The maximum absolute atomic E-state index is 16.0. The number of piperidine rings is 1. The summed E-state index contributed by atoms with van der Waals surface area (Å²) in [7, 11) is 3.68. The number of phenols is 1. The van der Waals surface area contributed by atoms with Gasteiger partial charge in [-0.25, -0.2) is 8.78 Å². The first-order valence-electron chi connectivity index (χ1n) is 26.1. The van der Waals surface area contributed by atoms with E-state index in [1.807, 2.05) is 61.7 Å². The number of phenolic OH excluding ortho intramolecular Hbond substituents is 1. The molecule has 4 aliphatic rings. The third-order valence-electron chi connectivity index (χ3n) is 15.9. The van der Waals surface area contributed by atoms with Crippen molar-refractivity contribution in [3.63, 3.8) is 0 Å². The van der Waals surface area contributed by atoms with Gasteiger partial charge in [0.05, 0.1) is 30.9 Å². The van der Waals surface area contributed by atoms with Gasteiger partial charge in [0.15, 0.2) is 0 Å². The summed E-state index contributed by atoms with van der Waals surface area (Å²) in [6.45, 7) is 10.7. The van der Waals surface area contributed by atoms with E-state index < -0.39 is 29.9 Å². The summed E-state index contributed by atoms with van der Waals surface area (Å²) in [5.41, 5.74) is 8.92. The standard InChI is InChI=1S/C59H64F2N8O6/c1-37-48(29-44(33-62)64(37)3)56-55(58(72)63-43-12-14-46(70)15-13-43)38(2)65(4)57(56)49-27-40-16-19-68(54(71)32-51-52(60)30-47(31-53(51)61)75-25-22-66-20-23-74-24-21-66)34-42(40)28-50(49)59(73)69-35-41-11-7-6-10-39(41)26-45(69)36-67-17-8-5-9-18-67/h6-7,10-15,27-31,45,70H,5,8-9,16-26,32,34-36H2,1-4H3,(H,63,72)/t45-/m0/s1. The summed E-state index contributed by atoms with van der Waals surface area (Å²) in [6, 6.07) is 24.6. The molecule has 0 aliphatic carbocycles. The van der Waals surface area contributed by atoms with Crippen LogP contribution < -0.4 is 10.1 Å². The van der Waals surface area contributed by atoms with Crippen LogP contribution in [0, 0.1) is 36.8 Å². The minimum atomic E-state index is -0.859. The Morgan fingerprint density at radius 2 is 1.52 bits per heavy atom. The Balaban J connectivity index is 1.05. The van der Waals surface area contributed by atoms with E-state index in [0.717, 1.165) is 73.5 Å². The number of aromatic hydroxyl groups is 1. The van der Waals surface area contributed by atoms with Gasteiger partial charge in [-0.1, -0.05) is 30.7 Å². The highest BCUT2D eigenvalue weighted by atomic mass is 19.1. The summed E-state index contributed by atoms with van der Waals surface area (Å²) in [4.78, 5) is 53.2. The summed E-state index contributed by atoms with van der Waals surface area (Å²) >= 11 is 0. The Morgan fingerprint density at radius 3 is 2.23 bits per heavy atom. The van der Waals surface area contributed by atoms with Crippen molar-refractivity contribution in [1.82, 2.24) is 28.7 Å². The average molecular weight is 1020 g/mol. The predicted molar refractivity (Wildman–Crippen MR) is 282 cm³/mol. The highest BCUT2D eigenvalue weighted by molar-refractivity contribution is 6.14. The molecule has 75 heavy (non-hydrogen) atoms. The van der Waals surface area contributed by atoms with E-state index in [1.165, 1.54) is 24.1 Å². The number of nitrogens with one attached hydrogen (secondary N) is 1. The molecule has 6 heterocycles. The first-order valence-corrected chi connectivity index (χ1v) is 26.1. The maximum Gasteiger partial charge on any atom is 0.258 e. The zero-order chi connectivity index (χ0) is 52.5. The first kappa shape index (κ1) is 51.2. The molecular formula is C59H64F2N8O6. The monoisotopic (exact) mass is 1020 g/mol. The molecule has 0 spiro atoms. The van der Waals surface area contributed by atoms with Gasteiger partial charge in [0.1, 0.15) is 41.5 Å². The van der Waals surface area contributed by atoms with Crippen LogP contribution in [0.1, 0.15) is 84.9 Å². The molecule has 4 aliphatic heterocycles. The fourth-order valence-corrected chi connectivity index (χ4v) is 11.4. The highest BCUT2D eigenvalue weighted by Gasteiger charge is 2.37. The van der Waals surface area contributed by atoms with Gasteiger partial charge in [0.25, 0.3) is 11.8 Å². The predicted octanol–water partition coefficient (Wildman–Crippen LogP) is 8.31. The van der Waals surface area contributed by atoms with Crippen molar-refractivity contribution in [2.75, 3.05) is 71.0 Å². The number of ether oxygens (including phenoxy) is 2.